The molecule has 0 radical (unpaired) electrons. The molecule has 14 heteroatoms. The molecule has 3 aromatic rings. The molecule has 0 unspecified atom stereocenters. The molecule has 0 bridgehead atoms. The summed E-state index contributed by atoms with van der Waals surface area (Å²) in [4.78, 5) is 25.2. The van der Waals surface area contributed by atoms with Crippen LogP contribution in [0.5, 0.6) is 0 Å². The maximum Gasteiger partial charge on any atom is 0.445 e. The molecule has 3 aromatic heterocycles. The molecule has 0 saturated heterocycles. The van der Waals surface area contributed by atoms with Crippen molar-refractivity contribution in [2.45, 2.75) is 18.0 Å². The standard InChI is InChI=1S/C16H13F3N6O3S2/c1-3-30(27,28)10-7-9(12-20-5-4-6-21-12)8-22-11(10)13(26)25(2)15-24-23-14(29-15)16(17,18)19/h4-8H,3H2,1-2H3. The summed E-state index contributed by atoms with van der Waals surface area (Å²) in [6, 6.07) is 2.79. The van der Waals surface area contributed by atoms with Gasteiger partial charge in [0.15, 0.2) is 15.7 Å². The van der Waals surface area contributed by atoms with Gasteiger partial charge in [-0.05, 0) is 12.1 Å². The van der Waals surface area contributed by atoms with Gasteiger partial charge in [-0.2, -0.15) is 13.2 Å². The average Bonchev–Trinajstić information content (AvgIpc) is 3.24. The van der Waals surface area contributed by atoms with Crippen LogP contribution < -0.4 is 4.90 Å². The quantitative estimate of drug-likeness (QED) is 0.572. The van der Waals surface area contributed by atoms with Crippen molar-refractivity contribution >= 4 is 32.2 Å². The third-order valence-electron chi connectivity index (χ3n) is 3.84. The Morgan fingerprint density at radius 1 is 1.17 bits per heavy atom. The summed E-state index contributed by atoms with van der Waals surface area (Å²) < 4.78 is 63.4. The molecule has 3 heterocycles. The van der Waals surface area contributed by atoms with Gasteiger partial charge in [-0.3, -0.25) is 9.69 Å². The number of pyridine rings is 1. The van der Waals surface area contributed by atoms with E-state index in [9.17, 15) is 26.4 Å². The van der Waals surface area contributed by atoms with Crippen molar-refractivity contribution in [1.82, 2.24) is 25.1 Å². The fraction of sp³-hybridized carbons (Fsp3) is 0.250. The lowest BCUT2D eigenvalue weighted by molar-refractivity contribution is -0.138. The molecule has 0 aromatic carbocycles. The van der Waals surface area contributed by atoms with Crippen LogP contribution in [0.3, 0.4) is 0 Å². The zero-order chi connectivity index (χ0) is 22.1. The molecule has 0 saturated carbocycles. The van der Waals surface area contributed by atoms with E-state index in [-0.39, 0.29) is 38.5 Å². The first-order valence-electron chi connectivity index (χ1n) is 8.23. The normalized spacial score (nSPS) is 12.0. The smallest absolute Gasteiger partial charge is 0.284 e. The monoisotopic (exact) mass is 458 g/mol. The highest BCUT2D eigenvalue weighted by Gasteiger charge is 2.37. The zero-order valence-electron chi connectivity index (χ0n) is 15.5. The Morgan fingerprint density at radius 2 is 1.83 bits per heavy atom. The Morgan fingerprint density at radius 3 is 2.40 bits per heavy atom. The molecule has 0 fully saturated rings. The van der Waals surface area contributed by atoms with E-state index in [2.05, 4.69) is 25.1 Å². The summed E-state index contributed by atoms with van der Waals surface area (Å²) in [6.07, 6.45) is -0.591. The number of anilines is 1. The molecule has 9 nitrogen and oxygen atoms in total. The molecule has 0 aliphatic heterocycles. The topological polar surface area (TPSA) is 119 Å². The maximum absolute atomic E-state index is 12.9. The number of nitrogens with zero attached hydrogens (tertiary/aromatic N) is 6. The molecule has 1 amide bonds. The number of amides is 1. The van der Waals surface area contributed by atoms with Crippen LogP contribution in [0.4, 0.5) is 18.3 Å². The molecule has 158 valence electrons. The first-order chi connectivity index (χ1) is 14.0. The second kappa shape index (κ2) is 8.02. The Balaban J connectivity index is 2.06. The number of carbonyl (C=O) groups is 1. The van der Waals surface area contributed by atoms with Gasteiger partial charge in [-0.15, -0.1) is 10.2 Å². The summed E-state index contributed by atoms with van der Waals surface area (Å²) in [6.45, 7) is 1.39. The molecule has 3 rings (SSSR count). The third kappa shape index (κ3) is 4.28. The third-order valence-corrected chi connectivity index (χ3v) is 6.63. The Bertz CT molecular complexity index is 1180. The maximum atomic E-state index is 12.9. The number of sulfone groups is 1. The number of aromatic nitrogens is 5. The van der Waals surface area contributed by atoms with Crippen molar-refractivity contribution in [3.63, 3.8) is 0 Å². The minimum atomic E-state index is -4.72. The van der Waals surface area contributed by atoms with Crippen molar-refractivity contribution < 1.29 is 26.4 Å². The molecule has 0 spiro atoms. The highest BCUT2D eigenvalue weighted by Crippen LogP contribution is 2.34. The predicted molar refractivity (Wildman–Crippen MR) is 101 cm³/mol. The number of halogens is 3. The molecular weight excluding hydrogens is 445 g/mol. The number of rotatable bonds is 5. The van der Waals surface area contributed by atoms with Gasteiger partial charge in [0.2, 0.25) is 10.1 Å². The second-order valence-electron chi connectivity index (χ2n) is 5.80. The molecule has 0 aliphatic carbocycles. The van der Waals surface area contributed by atoms with Gasteiger partial charge in [0, 0.05) is 31.2 Å². The van der Waals surface area contributed by atoms with Gasteiger partial charge in [0.1, 0.15) is 5.69 Å². The van der Waals surface area contributed by atoms with Crippen LogP contribution in [0.25, 0.3) is 11.4 Å². The average molecular weight is 458 g/mol. The molecule has 30 heavy (non-hydrogen) atoms. The van der Waals surface area contributed by atoms with Crippen molar-refractivity contribution in [3.05, 3.63) is 41.4 Å². The summed E-state index contributed by atoms with van der Waals surface area (Å²) >= 11 is 0.151. The lowest BCUT2D eigenvalue weighted by Gasteiger charge is -2.15. The number of alkyl halides is 3. The lowest BCUT2D eigenvalue weighted by atomic mass is 10.2. The Hall–Kier alpha value is -3.00. The minimum Gasteiger partial charge on any atom is -0.284 e. The van der Waals surface area contributed by atoms with Gasteiger partial charge in [0.25, 0.3) is 5.91 Å². The molecule has 0 atom stereocenters. The van der Waals surface area contributed by atoms with Crippen LogP contribution in [0, 0.1) is 0 Å². The van der Waals surface area contributed by atoms with E-state index in [0.717, 1.165) is 11.9 Å². The van der Waals surface area contributed by atoms with E-state index in [4.69, 9.17) is 0 Å². The van der Waals surface area contributed by atoms with Crippen LogP contribution in [-0.2, 0) is 16.0 Å². The fourth-order valence-electron chi connectivity index (χ4n) is 2.28. The molecule has 0 N–H and O–H groups in total. The van der Waals surface area contributed by atoms with Gasteiger partial charge < -0.3 is 0 Å². The first kappa shape index (κ1) is 21.7. The van der Waals surface area contributed by atoms with Crippen LogP contribution >= 0.6 is 11.3 Å². The van der Waals surface area contributed by atoms with Crippen molar-refractivity contribution in [2.24, 2.45) is 0 Å². The Kier molecular flexibility index (Phi) is 5.81. The van der Waals surface area contributed by atoms with Gasteiger partial charge in [-0.1, -0.05) is 18.3 Å². The van der Waals surface area contributed by atoms with E-state index in [1.807, 2.05) is 0 Å². The fourth-order valence-corrected chi connectivity index (χ4v) is 4.00. The summed E-state index contributed by atoms with van der Waals surface area (Å²) in [5.41, 5.74) is -0.195. The Labute approximate surface area is 172 Å². The van der Waals surface area contributed by atoms with Crippen LogP contribution in [0.2, 0.25) is 0 Å². The summed E-state index contributed by atoms with van der Waals surface area (Å²) in [5, 5.41) is 4.79. The van der Waals surface area contributed by atoms with Crippen molar-refractivity contribution in [1.29, 1.82) is 0 Å². The molecule has 0 aliphatic rings. The number of hydrogen-bond acceptors (Lipinski definition) is 9. The lowest BCUT2D eigenvalue weighted by Crippen LogP contribution is -2.29. The van der Waals surface area contributed by atoms with Crippen LogP contribution in [-0.4, -0.2) is 52.3 Å². The van der Waals surface area contributed by atoms with E-state index in [0.29, 0.717) is 0 Å². The minimum absolute atomic E-state index is 0.151. The van der Waals surface area contributed by atoms with E-state index >= 15 is 0 Å². The van der Waals surface area contributed by atoms with Crippen LogP contribution in [0.1, 0.15) is 22.4 Å². The summed E-state index contributed by atoms with van der Waals surface area (Å²) in [7, 11) is -2.76. The highest BCUT2D eigenvalue weighted by molar-refractivity contribution is 7.91. The van der Waals surface area contributed by atoms with Gasteiger partial charge in [0.05, 0.1) is 10.6 Å². The van der Waals surface area contributed by atoms with E-state index in [1.165, 1.54) is 31.6 Å². The SMILES string of the molecule is CCS(=O)(=O)c1cc(-c2ncccn2)cnc1C(=O)N(C)c1nnc(C(F)(F)F)s1. The summed E-state index contributed by atoms with van der Waals surface area (Å²) in [5.74, 6) is -1.08. The molecular formula is C16H13F3N6O3S2. The van der Waals surface area contributed by atoms with Crippen LogP contribution in [0.15, 0.2) is 35.6 Å². The van der Waals surface area contributed by atoms with Crippen molar-refractivity contribution in [2.75, 3.05) is 17.7 Å². The van der Waals surface area contributed by atoms with E-state index < -0.39 is 32.6 Å². The number of hydrogen-bond donors (Lipinski definition) is 0. The van der Waals surface area contributed by atoms with Gasteiger partial charge in [-0.25, -0.2) is 23.4 Å². The zero-order valence-corrected chi connectivity index (χ0v) is 17.1. The van der Waals surface area contributed by atoms with Gasteiger partial charge >= 0.3 is 6.18 Å². The van der Waals surface area contributed by atoms with E-state index in [1.54, 1.807) is 6.07 Å². The second-order valence-corrected chi connectivity index (χ2v) is 9.00. The predicted octanol–water partition coefficient (Wildman–Crippen LogP) is 2.48. The largest absolute Gasteiger partial charge is 0.445 e. The highest BCUT2D eigenvalue weighted by atomic mass is 32.2. The van der Waals surface area contributed by atoms with Crippen molar-refractivity contribution in [3.8, 4) is 11.4 Å². The number of carbonyl (C=O) groups excluding carboxylic acids is 1. The first-order valence-corrected chi connectivity index (χ1v) is 10.7.